The number of hydrogen-bond acceptors (Lipinski definition) is 4. The Kier molecular flexibility index (Phi) is 4.46. The average molecular weight is 393 g/mol. The largest absolute Gasteiger partial charge is 0.481 e. The number of carbonyl (C=O) groups excluding carboxylic acids is 1. The second-order valence-electron chi connectivity index (χ2n) is 5.66. The number of thioether (sulfide) groups is 1. The van der Waals surface area contributed by atoms with Crippen molar-refractivity contribution >= 4 is 45.3 Å². The number of nitrogens with zero attached hydrogens (tertiary/aromatic N) is 1. The Hall–Kier alpha value is -1.78. The summed E-state index contributed by atoms with van der Waals surface area (Å²) < 4.78 is 0.664. The molecule has 7 heteroatoms. The number of nitriles is 1. The third-order valence-electron chi connectivity index (χ3n) is 4.41. The lowest BCUT2D eigenvalue weighted by atomic mass is 9.82. The zero-order valence-corrected chi connectivity index (χ0v) is 14.3. The van der Waals surface area contributed by atoms with Crippen LogP contribution in [0.1, 0.15) is 6.42 Å². The maximum absolute atomic E-state index is 12.6. The van der Waals surface area contributed by atoms with Crippen molar-refractivity contribution in [3.63, 3.8) is 0 Å². The Labute approximate surface area is 145 Å². The number of fused-ring (bicyclic) bond motifs is 2. The van der Waals surface area contributed by atoms with Crippen LogP contribution in [0.5, 0.6) is 0 Å². The number of benzene rings is 1. The van der Waals surface area contributed by atoms with E-state index in [-0.39, 0.29) is 17.7 Å². The van der Waals surface area contributed by atoms with Crippen molar-refractivity contribution in [3.05, 3.63) is 34.8 Å². The molecule has 2 N–H and O–H groups in total. The molecule has 1 fully saturated rings. The number of anilines is 1. The van der Waals surface area contributed by atoms with Crippen LogP contribution in [0.3, 0.4) is 0 Å². The lowest BCUT2D eigenvalue weighted by Gasteiger charge is -2.24. The highest BCUT2D eigenvalue weighted by atomic mass is 79.9. The van der Waals surface area contributed by atoms with Crippen molar-refractivity contribution < 1.29 is 14.7 Å². The molecule has 0 heterocycles. The Morgan fingerprint density at radius 3 is 2.61 bits per heavy atom. The van der Waals surface area contributed by atoms with Crippen molar-refractivity contribution in [3.8, 4) is 5.40 Å². The number of carbonyl (C=O) groups is 2. The van der Waals surface area contributed by atoms with Crippen molar-refractivity contribution in [2.24, 2.45) is 23.7 Å². The molecule has 2 aliphatic rings. The van der Waals surface area contributed by atoms with Crippen LogP contribution in [0.25, 0.3) is 0 Å². The SMILES string of the molecule is N#CSc1ccc(NC(=O)[C@H]2[C@@H](C(=O)O)[C@H]3C=C[C@H]2C3)c(Br)c1. The number of aliphatic carboxylic acids is 1. The first-order valence-electron chi connectivity index (χ1n) is 7.08. The number of thiocyanates is 1. The van der Waals surface area contributed by atoms with Crippen LogP contribution < -0.4 is 5.32 Å². The maximum atomic E-state index is 12.6. The molecule has 1 saturated carbocycles. The molecule has 1 amide bonds. The molecule has 0 aliphatic heterocycles. The van der Waals surface area contributed by atoms with E-state index in [0.29, 0.717) is 10.2 Å². The molecule has 0 unspecified atom stereocenters. The summed E-state index contributed by atoms with van der Waals surface area (Å²) in [6.45, 7) is 0. The van der Waals surface area contributed by atoms with Gasteiger partial charge in [0.2, 0.25) is 5.91 Å². The van der Waals surface area contributed by atoms with Crippen molar-refractivity contribution in [2.45, 2.75) is 11.3 Å². The van der Waals surface area contributed by atoms with Gasteiger partial charge < -0.3 is 10.4 Å². The summed E-state index contributed by atoms with van der Waals surface area (Å²) in [5.74, 6) is -2.43. The molecule has 2 aliphatic carbocycles. The predicted octanol–water partition coefficient (Wildman–Crippen LogP) is 3.48. The molecule has 0 spiro atoms. The third-order valence-corrected chi connectivity index (χ3v) is 5.65. The Balaban J connectivity index is 1.78. The molecule has 0 aromatic heterocycles. The van der Waals surface area contributed by atoms with Crippen LogP contribution in [0.15, 0.2) is 39.7 Å². The molecule has 0 saturated heterocycles. The average Bonchev–Trinajstić information content (AvgIpc) is 3.11. The summed E-state index contributed by atoms with van der Waals surface area (Å²) in [5.41, 5.74) is 0.577. The van der Waals surface area contributed by atoms with Gasteiger partial charge in [-0.3, -0.25) is 9.59 Å². The molecule has 23 heavy (non-hydrogen) atoms. The predicted molar refractivity (Wildman–Crippen MR) is 89.6 cm³/mol. The van der Waals surface area contributed by atoms with Gasteiger partial charge in [-0.1, -0.05) is 12.2 Å². The van der Waals surface area contributed by atoms with Gasteiger partial charge in [-0.05, 0) is 64.1 Å². The van der Waals surface area contributed by atoms with E-state index in [1.54, 1.807) is 18.2 Å². The smallest absolute Gasteiger partial charge is 0.307 e. The molecule has 4 atom stereocenters. The fourth-order valence-corrected chi connectivity index (χ4v) is 4.49. The maximum Gasteiger partial charge on any atom is 0.307 e. The van der Waals surface area contributed by atoms with Gasteiger partial charge in [-0.2, -0.15) is 5.26 Å². The zero-order chi connectivity index (χ0) is 16.6. The molecule has 2 bridgehead atoms. The molecular weight excluding hydrogens is 380 g/mol. The number of amides is 1. The minimum Gasteiger partial charge on any atom is -0.481 e. The number of carboxylic acid groups (broad SMARTS) is 1. The number of nitrogens with one attached hydrogen (secondary N) is 1. The Bertz CT molecular complexity index is 743. The first kappa shape index (κ1) is 16.1. The minimum atomic E-state index is -0.915. The van der Waals surface area contributed by atoms with Gasteiger partial charge in [0.15, 0.2) is 0 Å². The first-order valence-corrected chi connectivity index (χ1v) is 8.69. The minimum absolute atomic E-state index is 0.00621. The second-order valence-corrected chi connectivity index (χ2v) is 7.37. The number of allylic oxidation sites excluding steroid dienone is 2. The lowest BCUT2D eigenvalue weighted by Crippen LogP contribution is -2.36. The number of carboxylic acids is 1. The number of halogens is 1. The lowest BCUT2D eigenvalue weighted by molar-refractivity contribution is -0.146. The molecule has 3 rings (SSSR count). The van der Waals surface area contributed by atoms with Gasteiger partial charge in [0.25, 0.3) is 0 Å². The van der Waals surface area contributed by atoms with Crippen LogP contribution >= 0.6 is 27.7 Å². The van der Waals surface area contributed by atoms with Crippen LogP contribution in [0, 0.1) is 34.3 Å². The summed E-state index contributed by atoms with van der Waals surface area (Å²) in [6, 6.07) is 5.20. The van der Waals surface area contributed by atoms with E-state index in [2.05, 4.69) is 21.2 Å². The quantitative estimate of drug-likeness (QED) is 0.464. The molecule has 1 aromatic rings. The number of rotatable bonds is 4. The summed E-state index contributed by atoms with van der Waals surface area (Å²) in [6.07, 6.45) is 4.60. The van der Waals surface area contributed by atoms with Gasteiger partial charge in [0, 0.05) is 9.37 Å². The zero-order valence-electron chi connectivity index (χ0n) is 11.9. The van der Waals surface area contributed by atoms with Crippen LogP contribution in [0.2, 0.25) is 0 Å². The van der Waals surface area contributed by atoms with Gasteiger partial charge in [-0.25, -0.2) is 0 Å². The Morgan fingerprint density at radius 2 is 2.00 bits per heavy atom. The van der Waals surface area contributed by atoms with Crippen LogP contribution in [0.4, 0.5) is 5.69 Å². The highest BCUT2D eigenvalue weighted by Crippen LogP contribution is 2.48. The van der Waals surface area contributed by atoms with E-state index in [4.69, 9.17) is 5.26 Å². The summed E-state index contributed by atoms with van der Waals surface area (Å²) >= 11 is 4.40. The summed E-state index contributed by atoms with van der Waals surface area (Å²) in [7, 11) is 0. The van der Waals surface area contributed by atoms with E-state index in [1.165, 1.54) is 0 Å². The fourth-order valence-electron chi connectivity index (χ4n) is 3.45. The van der Waals surface area contributed by atoms with E-state index < -0.39 is 17.8 Å². The van der Waals surface area contributed by atoms with Crippen molar-refractivity contribution in [2.75, 3.05) is 5.32 Å². The molecule has 118 valence electrons. The monoisotopic (exact) mass is 392 g/mol. The van der Waals surface area contributed by atoms with Crippen LogP contribution in [-0.2, 0) is 9.59 Å². The normalized spacial score (nSPS) is 27.7. The van der Waals surface area contributed by atoms with Gasteiger partial charge in [0.1, 0.15) is 5.40 Å². The third kappa shape index (κ3) is 3.01. The highest BCUT2D eigenvalue weighted by molar-refractivity contribution is 9.10. The van der Waals surface area contributed by atoms with Gasteiger partial charge in [-0.15, -0.1) is 0 Å². The van der Waals surface area contributed by atoms with Crippen molar-refractivity contribution in [1.29, 1.82) is 5.26 Å². The van der Waals surface area contributed by atoms with E-state index in [1.807, 2.05) is 17.6 Å². The molecular formula is C16H13BrN2O3S. The topological polar surface area (TPSA) is 90.2 Å². The fraction of sp³-hybridized carbons (Fsp3) is 0.312. The molecule has 1 aromatic carbocycles. The first-order chi connectivity index (χ1) is 11.0. The second kappa shape index (κ2) is 6.38. The van der Waals surface area contributed by atoms with Gasteiger partial charge in [0.05, 0.1) is 17.5 Å². The number of hydrogen-bond donors (Lipinski definition) is 2. The van der Waals surface area contributed by atoms with E-state index >= 15 is 0 Å². The molecule has 0 radical (unpaired) electrons. The van der Waals surface area contributed by atoms with Gasteiger partial charge >= 0.3 is 5.97 Å². The van der Waals surface area contributed by atoms with E-state index in [9.17, 15) is 14.7 Å². The highest BCUT2D eigenvalue weighted by Gasteiger charge is 2.51. The summed E-state index contributed by atoms with van der Waals surface area (Å²) in [4.78, 5) is 24.8. The summed E-state index contributed by atoms with van der Waals surface area (Å²) in [5, 5.41) is 22.9. The Morgan fingerprint density at radius 1 is 1.30 bits per heavy atom. The standard InChI is InChI=1S/C16H13BrN2O3S/c17-11-6-10(23-7-18)3-4-12(11)19-15(20)13-8-1-2-9(5-8)14(13)16(21)22/h1-4,6,8-9,13-14H,5H2,(H,19,20)(H,21,22)/t8-,9-,13+,14-/m0/s1. The van der Waals surface area contributed by atoms with Crippen molar-refractivity contribution in [1.82, 2.24) is 0 Å². The van der Waals surface area contributed by atoms with E-state index in [0.717, 1.165) is 23.1 Å². The molecule has 5 nitrogen and oxygen atoms in total. The van der Waals surface area contributed by atoms with Crippen LogP contribution in [-0.4, -0.2) is 17.0 Å².